The lowest BCUT2D eigenvalue weighted by Gasteiger charge is -2.19. The molecule has 0 fully saturated rings. The van der Waals surface area contributed by atoms with E-state index in [2.05, 4.69) is 54.0 Å². The minimum absolute atomic E-state index is 0.501. The van der Waals surface area contributed by atoms with E-state index in [9.17, 15) is 0 Å². The Morgan fingerprint density at radius 1 is 0.690 bits per heavy atom. The van der Waals surface area contributed by atoms with Crippen LogP contribution in [0.3, 0.4) is 0 Å². The lowest BCUT2D eigenvalue weighted by atomic mass is 10.1. The highest BCUT2D eigenvalue weighted by Gasteiger charge is 2.21. The molecule has 0 radical (unpaired) electrons. The van der Waals surface area contributed by atoms with Gasteiger partial charge in [0, 0.05) is 45.7 Å². The second-order valence-corrected chi connectivity index (χ2v) is 11.8. The van der Waals surface area contributed by atoms with Crippen molar-refractivity contribution in [3.8, 4) is 23.1 Å². The molecular formula is C34H30N4O2S2. The van der Waals surface area contributed by atoms with Crippen LogP contribution in [0.25, 0.3) is 23.0 Å². The molecule has 4 aromatic heterocycles. The second-order valence-electron chi connectivity index (χ2n) is 9.77. The van der Waals surface area contributed by atoms with Gasteiger partial charge in [0.15, 0.2) is 11.6 Å². The first-order valence-corrected chi connectivity index (χ1v) is 15.3. The van der Waals surface area contributed by atoms with Gasteiger partial charge in [-0.2, -0.15) is 0 Å². The van der Waals surface area contributed by atoms with Crippen molar-refractivity contribution in [3.63, 3.8) is 0 Å². The predicted molar refractivity (Wildman–Crippen MR) is 172 cm³/mol. The molecular weight excluding hydrogens is 561 g/mol. The Hall–Kier alpha value is -4.66. The van der Waals surface area contributed by atoms with E-state index < -0.39 is 0 Å². The number of hydrogen-bond donors (Lipinski definition) is 0. The summed E-state index contributed by atoms with van der Waals surface area (Å²) in [6.45, 7) is 9.66. The zero-order valence-corrected chi connectivity index (χ0v) is 25.1. The number of aromatic nitrogens is 4. The van der Waals surface area contributed by atoms with Crippen LogP contribution in [-0.4, -0.2) is 19.1 Å². The van der Waals surface area contributed by atoms with Crippen molar-refractivity contribution in [3.05, 3.63) is 141 Å². The summed E-state index contributed by atoms with van der Waals surface area (Å²) in [5.41, 5.74) is 4.73. The highest BCUT2D eigenvalue weighted by molar-refractivity contribution is 7.10. The van der Waals surface area contributed by atoms with E-state index in [1.54, 1.807) is 35.1 Å². The van der Waals surface area contributed by atoms with Crippen LogP contribution < -0.4 is 9.47 Å². The van der Waals surface area contributed by atoms with Crippen LogP contribution in [0, 0.1) is 0 Å². The summed E-state index contributed by atoms with van der Waals surface area (Å²) in [6, 6.07) is 24.3. The minimum atomic E-state index is 0.501. The maximum absolute atomic E-state index is 6.32. The molecule has 0 amide bonds. The van der Waals surface area contributed by atoms with Crippen LogP contribution in [-0.2, 0) is 13.2 Å². The highest BCUT2D eigenvalue weighted by atomic mass is 32.1. The van der Waals surface area contributed by atoms with Gasteiger partial charge >= 0.3 is 0 Å². The van der Waals surface area contributed by atoms with Gasteiger partial charge < -0.3 is 9.47 Å². The molecule has 0 saturated heterocycles. The van der Waals surface area contributed by atoms with E-state index in [-0.39, 0.29) is 0 Å². The van der Waals surface area contributed by atoms with Crippen molar-refractivity contribution in [2.75, 3.05) is 0 Å². The lowest BCUT2D eigenvalue weighted by Crippen LogP contribution is -2.09. The Bertz CT molecular complexity index is 1820. The molecule has 210 valence electrons. The van der Waals surface area contributed by atoms with Crippen molar-refractivity contribution >= 4 is 34.1 Å². The molecule has 0 bridgehead atoms. The lowest BCUT2D eigenvalue weighted by molar-refractivity contribution is 0.308. The summed E-state index contributed by atoms with van der Waals surface area (Å²) in [5.74, 6) is 2.95. The summed E-state index contributed by atoms with van der Waals surface area (Å²) >= 11 is 3.36. The summed E-state index contributed by atoms with van der Waals surface area (Å²) < 4.78 is 16.6. The third kappa shape index (κ3) is 5.72. The molecule has 0 saturated carbocycles. The summed E-state index contributed by atoms with van der Waals surface area (Å²) in [6.07, 6.45) is 7.45. The van der Waals surface area contributed by atoms with E-state index >= 15 is 0 Å². The van der Waals surface area contributed by atoms with Gasteiger partial charge in [-0.25, -0.2) is 9.97 Å². The fraction of sp³-hybridized carbons (Fsp3) is 0.118. The zero-order chi connectivity index (χ0) is 28.9. The number of para-hydroxylation sites is 2. The molecule has 4 heterocycles. The summed E-state index contributed by atoms with van der Waals surface area (Å²) in [7, 11) is 0. The molecule has 6 rings (SSSR count). The molecule has 2 aromatic carbocycles. The van der Waals surface area contributed by atoms with Gasteiger partial charge in [-0.3, -0.25) is 9.13 Å². The highest BCUT2D eigenvalue weighted by Crippen LogP contribution is 2.35. The quantitative estimate of drug-likeness (QED) is 0.151. The average Bonchev–Trinajstić information content (AvgIpc) is 3.83. The van der Waals surface area contributed by atoms with Gasteiger partial charge in [0.2, 0.25) is 0 Å². The Kier molecular flexibility index (Phi) is 8.16. The summed E-state index contributed by atoms with van der Waals surface area (Å²) in [4.78, 5) is 11.8. The number of rotatable bonds is 11. The molecule has 8 heteroatoms. The molecule has 0 aliphatic carbocycles. The van der Waals surface area contributed by atoms with Crippen molar-refractivity contribution in [2.24, 2.45) is 0 Å². The van der Waals surface area contributed by atoms with Crippen molar-refractivity contribution in [2.45, 2.75) is 27.1 Å². The van der Waals surface area contributed by atoms with Crippen LogP contribution in [0.5, 0.6) is 11.5 Å². The van der Waals surface area contributed by atoms with Gasteiger partial charge in [0.1, 0.15) is 24.7 Å². The van der Waals surface area contributed by atoms with Gasteiger partial charge in [-0.15, -0.1) is 22.7 Å². The maximum Gasteiger partial charge on any atom is 0.181 e. The first kappa shape index (κ1) is 27.5. The number of nitrogens with zero attached hydrogens (tertiary/aromatic N) is 4. The van der Waals surface area contributed by atoms with E-state index in [0.29, 0.717) is 24.9 Å². The number of benzene rings is 2. The van der Waals surface area contributed by atoms with Crippen molar-refractivity contribution in [1.82, 2.24) is 19.1 Å². The Morgan fingerprint density at radius 2 is 1.21 bits per heavy atom. The minimum Gasteiger partial charge on any atom is -0.487 e. The standard InChI is InChI=1S/C34H30N4O2S2/c1-24(2)32(29-13-5-7-15-31(29)40-23-27-11-9-21-42-27)38-19-17-36-34(38)33-35-16-18-37(33)25(3)28-12-4-6-14-30(28)39-22-26-10-8-20-41-26/h4-21H,3,22-23H2,1-2H3. The van der Waals surface area contributed by atoms with Crippen molar-refractivity contribution in [1.29, 1.82) is 0 Å². The van der Waals surface area contributed by atoms with Crippen molar-refractivity contribution < 1.29 is 9.47 Å². The van der Waals surface area contributed by atoms with Crippen LogP contribution in [0.4, 0.5) is 0 Å². The van der Waals surface area contributed by atoms with E-state index in [1.807, 2.05) is 71.6 Å². The second kappa shape index (κ2) is 12.5. The number of thiophene rings is 2. The van der Waals surface area contributed by atoms with E-state index in [1.165, 1.54) is 4.88 Å². The molecule has 6 aromatic rings. The third-order valence-corrected chi connectivity index (χ3v) is 8.43. The third-order valence-electron chi connectivity index (χ3n) is 6.73. The van der Waals surface area contributed by atoms with Crippen LogP contribution in [0.2, 0.25) is 0 Å². The molecule has 0 spiro atoms. The Labute approximate surface area is 253 Å². The first-order valence-electron chi connectivity index (χ1n) is 13.5. The predicted octanol–water partition coefficient (Wildman–Crippen LogP) is 8.85. The number of hydrogen-bond acceptors (Lipinski definition) is 6. The van der Waals surface area contributed by atoms with Crippen LogP contribution in [0.1, 0.15) is 34.7 Å². The number of allylic oxidation sites excluding steroid dienone is 1. The molecule has 0 aliphatic heterocycles. The smallest absolute Gasteiger partial charge is 0.181 e. The number of ether oxygens (including phenoxy) is 2. The zero-order valence-electron chi connectivity index (χ0n) is 23.4. The Morgan fingerprint density at radius 3 is 1.79 bits per heavy atom. The maximum atomic E-state index is 6.32. The van der Waals surface area contributed by atoms with E-state index in [4.69, 9.17) is 19.4 Å². The summed E-state index contributed by atoms with van der Waals surface area (Å²) in [5, 5.41) is 4.12. The van der Waals surface area contributed by atoms with Gasteiger partial charge in [0.25, 0.3) is 0 Å². The van der Waals surface area contributed by atoms with Gasteiger partial charge in [-0.05, 0) is 61.0 Å². The van der Waals surface area contributed by atoms with Crippen LogP contribution in [0.15, 0.2) is 120 Å². The monoisotopic (exact) mass is 590 g/mol. The largest absolute Gasteiger partial charge is 0.487 e. The average molecular weight is 591 g/mol. The SMILES string of the molecule is C=C(c1ccccc1OCc1cccs1)n1ccnc1-c1nccn1C(=C(C)C)c1ccccc1OCc1cccs1. The Balaban J connectivity index is 1.34. The topological polar surface area (TPSA) is 54.1 Å². The molecule has 42 heavy (non-hydrogen) atoms. The molecule has 0 atom stereocenters. The molecule has 0 unspecified atom stereocenters. The molecule has 6 nitrogen and oxygen atoms in total. The first-order chi connectivity index (χ1) is 20.6. The van der Waals surface area contributed by atoms with Gasteiger partial charge in [-0.1, -0.05) is 48.6 Å². The normalized spacial score (nSPS) is 10.9. The molecule has 0 N–H and O–H groups in total. The fourth-order valence-electron chi connectivity index (χ4n) is 4.81. The fourth-order valence-corrected chi connectivity index (χ4v) is 6.04. The molecule has 0 aliphatic rings. The van der Waals surface area contributed by atoms with Gasteiger partial charge in [0.05, 0.1) is 11.4 Å². The van der Waals surface area contributed by atoms with Crippen LogP contribution >= 0.6 is 22.7 Å². The van der Waals surface area contributed by atoms with E-state index in [0.717, 1.165) is 44.5 Å². The number of imidazole rings is 2.